The van der Waals surface area contributed by atoms with E-state index in [0.29, 0.717) is 18.7 Å². The Labute approximate surface area is 89.7 Å². The molecule has 4 heteroatoms. The van der Waals surface area contributed by atoms with Crippen molar-refractivity contribution in [3.63, 3.8) is 0 Å². The second-order valence-corrected chi connectivity index (χ2v) is 3.94. The third kappa shape index (κ3) is 3.18. The van der Waals surface area contributed by atoms with Crippen molar-refractivity contribution in [1.29, 1.82) is 0 Å². The summed E-state index contributed by atoms with van der Waals surface area (Å²) in [5.41, 5.74) is 1.01. The molecule has 1 aliphatic heterocycles. The summed E-state index contributed by atoms with van der Waals surface area (Å²) in [4.78, 5) is 17.0. The van der Waals surface area contributed by atoms with Gasteiger partial charge in [-0.1, -0.05) is 0 Å². The summed E-state index contributed by atoms with van der Waals surface area (Å²) < 4.78 is 0. The van der Waals surface area contributed by atoms with Gasteiger partial charge in [0.25, 0.3) is 0 Å². The number of H-pyrrole nitrogens is 1. The molecule has 1 aromatic rings. The van der Waals surface area contributed by atoms with E-state index in [0.717, 1.165) is 31.9 Å². The quantitative estimate of drug-likeness (QED) is 0.732. The predicted molar refractivity (Wildman–Crippen MR) is 58.8 cm³/mol. The lowest BCUT2D eigenvalue weighted by atomic mass is 10.2. The molecule has 0 amide bonds. The summed E-state index contributed by atoms with van der Waals surface area (Å²) in [6.45, 7) is 4.54. The molecule has 2 heterocycles. The van der Waals surface area contributed by atoms with Gasteiger partial charge < -0.3 is 10.3 Å². The van der Waals surface area contributed by atoms with Crippen molar-refractivity contribution in [2.45, 2.75) is 6.42 Å². The van der Waals surface area contributed by atoms with Crippen LogP contribution < -0.4 is 5.32 Å². The Morgan fingerprint density at radius 3 is 2.87 bits per heavy atom. The number of rotatable bonds is 4. The van der Waals surface area contributed by atoms with Crippen LogP contribution in [0.1, 0.15) is 5.69 Å². The summed E-state index contributed by atoms with van der Waals surface area (Å²) in [6, 6.07) is 3.88. The van der Waals surface area contributed by atoms with E-state index in [9.17, 15) is 4.79 Å². The fourth-order valence-electron chi connectivity index (χ4n) is 1.86. The first-order chi connectivity index (χ1) is 7.34. The Hall–Kier alpha value is -1.13. The van der Waals surface area contributed by atoms with E-state index < -0.39 is 0 Å². The fraction of sp³-hybridized carbons (Fsp3) is 0.545. The van der Waals surface area contributed by atoms with E-state index in [1.165, 1.54) is 0 Å². The van der Waals surface area contributed by atoms with Crippen LogP contribution in [-0.4, -0.2) is 48.4 Å². The summed E-state index contributed by atoms with van der Waals surface area (Å²) >= 11 is 0. The van der Waals surface area contributed by atoms with Crippen LogP contribution in [0.25, 0.3) is 0 Å². The zero-order valence-electron chi connectivity index (χ0n) is 8.83. The Morgan fingerprint density at radius 1 is 1.40 bits per heavy atom. The molecule has 2 N–H and O–H groups in total. The molecule has 15 heavy (non-hydrogen) atoms. The summed E-state index contributed by atoms with van der Waals surface area (Å²) in [5, 5.41) is 3.27. The minimum absolute atomic E-state index is 0.291. The first-order valence-corrected chi connectivity index (χ1v) is 5.41. The molecule has 1 aliphatic rings. The molecule has 2 rings (SSSR count). The first-order valence-electron chi connectivity index (χ1n) is 5.41. The minimum Gasteiger partial charge on any atom is -0.365 e. The minimum atomic E-state index is 0.291. The van der Waals surface area contributed by atoms with Crippen molar-refractivity contribution in [3.8, 4) is 0 Å². The van der Waals surface area contributed by atoms with E-state index >= 15 is 0 Å². The standard InChI is InChI=1S/C11H17N3O/c15-11(8-10-2-1-3-13-10)9-14-6-4-12-5-7-14/h1-3,12-13H,4-9H2. The maximum Gasteiger partial charge on any atom is 0.152 e. The Kier molecular flexibility index (Phi) is 3.53. The highest BCUT2D eigenvalue weighted by Gasteiger charge is 2.13. The van der Waals surface area contributed by atoms with Crippen molar-refractivity contribution in [2.75, 3.05) is 32.7 Å². The number of hydrogen-bond acceptors (Lipinski definition) is 3. The van der Waals surface area contributed by atoms with Crippen molar-refractivity contribution in [1.82, 2.24) is 15.2 Å². The van der Waals surface area contributed by atoms with Crippen molar-refractivity contribution >= 4 is 5.78 Å². The van der Waals surface area contributed by atoms with E-state index in [2.05, 4.69) is 15.2 Å². The number of hydrogen-bond donors (Lipinski definition) is 2. The Bertz CT molecular complexity index is 302. The number of nitrogens with one attached hydrogen (secondary N) is 2. The molecule has 0 aliphatic carbocycles. The molecular formula is C11H17N3O. The number of Topliss-reactive ketones (excluding diaryl/α,β-unsaturated/α-hetero) is 1. The molecule has 1 aromatic heterocycles. The molecule has 1 fully saturated rings. The maximum atomic E-state index is 11.7. The van der Waals surface area contributed by atoms with Crippen molar-refractivity contribution in [3.05, 3.63) is 24.0 Å². The highest BCUT2D eigenvalue weighted by molar-refractivity contribution is 5.82. The molecule has 82 valence electrons. The monoisotopic (exact) mass is 207 g/mol. The third-order valence-electron chi connectivity index (χ3n) is 2.66. The van der Waals surface area contributed by atoms with Gasteiger partial charge in [0.15, 0.2) is 5.78 Å². The molecular weight excluding hydrogens is 190 g/mol. The van der Waals surface area contributed by atoms with Gasteiger partial charge in [-0.05, 0) is 12.1 Å². The normalized spacial score (nSPS) is 17.9. The summed E-state index contributed by atoms with van der Waals surface area (Å²) in [5.74, 6) is 0.291. The smallest absolute Gasteiger partial charge is 0.152 e. The van der Waals surface area contributed by atoms with Crippen LogP contribution >= 0.6 is 0 Å². The molecule has 0 radical (unpaired) electrons. The predicted octanol–water partition coefficient (Wildman–Crippen LogP) is 0.0315. The van der Waals surface area contributed by atoms with Crippen molar-refractivity contribution in [2.24, 2.45) is 0 Å². The lowest BCUT2D eigenvalue weighted by molar-refractivity contribution is -0.119. The van der Waals surface area contributed by atoms with Crippen LogP contribution in [0.15, 0.2) is 18.3 Å². The van der Waals surface area contributed by atoms with Gasteiger partial charge in [-0.15, -0.1) is 0 Å². The van der Waals surface area contributed by atoms with Gasteiger partial charge in [-0.3, -0.25) is 9.69 Å². The van der Waals surface area contributed by atoms with Crippen LogP contribution in [-0.2, 0) is 11.2 Å². The first kappa shape index (κ1) is 10.4. The summed E-state index contributed by atoms with van der Waals surface area (Å²) in [7, 11) is 0. The van der Waals surface area contributed by atoms with E-state index in [4.69, 9.17) is 0 Å². The number of carbonyl (C=O) groups is 1. The van der Waals surface area contributed by atoms with Gasteiger partial charge in [-0.25, -0.2) is 0 Å². The molecule has 0 atom stereocenters. The molecule has 0 bridgehead atoms. The number of piperazine rings is 1. The second kappa shape index (κ2) is 5.09. The van der Waals surface area contributed by atoms with Crippen LogP contribution in [0, 0.1) is 0 Å². The van der Waals surface area contributed by atoms with Gasteiger partial charge in [0.05, 0.1) is 6.54 Å². The largest absolute Gasteiger partial charge is 0.365 e. The molecule has 0 aromatic carbocycles. The van der Waals surface area contributed by atoms with Gasteiger partial charge in [0.2, 0.25) is 0 Å². The average Bonchev–Trinajstić information content (AvgIpc) is 2.71. The maximum absolute atomic E-state index is 11.7. The number of aromatic nitrogens is 1. The van der Waals surface area contributed by atoms with E-state index in [-0.39, 0.29) is 0 Å². The van der Waals surface area contributed by atoms with Gasteiger partial charge >= 0.3 is 0 Å². The SMILES string of the molecule is O=C(Cc1ccc[nH]1)CN1CCNCC1. The number of aromatic amines is 1. The molecule has 4 nitrogen and oxygen atoms in total. The topological polar surface area (TPSA) is 48.1 Å². The van der Waals surface area contributed by atoms with Crippen LogP contribution in [0.5, 0.6) is 0 Å². The number of ketones is 1. The molecule has 1 saturated heterocycles. The highest BCUT2D eigenvalue weighted by atomic mass is 16.1. The van der Waals surface area contributed by atoms with Gasteiger partial charge in [-0.2, -0.15) is 0 Å². The number of carbonyl (C=O) groups excluding carboxylic acids is 1. The van der Waals surface area contributed by atoms with Crippen LogP contribution in [0.3, 0.4) is 0 Å². The average molecular weight is 207 g/mol. The van der Waals surface area contributed by atoms with Gasteiger partial charge in [0.1, 0.15) is 0 Å². The van der Waals surface area contributed by atoms with Crippen LogP contribution in [0.4, 0.5) is 0 Å². The van der Waals surface area contributed by atoms with E-state index in [1.54, 1.807) is 0 Å². The van der Waals surface area contributed by atoms with E-state index in [1.807, 2.05) is 18.3 Å². The van der Waals surface area contributed by atoms with Gasteiger partial charge in [0, 0.05) is 44.5 Å². The zero-order valence-corrected chi connectivity index (χ0v) is 8.83. The van der Waals surface area contributed by atoms with Crippen LogP contribution in [0.2, 0.25) is 0 Å². The molecule has 0 unspecified atom stereocenters. The lowest BCUT2D eigenvalue weighted by Gasteiger charge is -2.26. The molecule has 0 saturated carbocycles. The number of nitrogens with zero attached hydrogens (tertiary/aromatic N) is 1. The Morgan fingerprint density at radius 2 is 2.20 bits per heavy atom. The third-order valence-corrected chi connectivity index (χ3v) is 2.66. The second-order valence-electron chi connectivity index (χ2n) is 3.94. The molecule has 0 spiro atoms. The summed E-state index contributed by atoms with van der Waals surface area (Å²) in [6.07, 6.45) is 2.38. The lowest BCUT2D eigenvalue weighted by Crippen LogP contribution is -2.45. The Balaban J connectivity index is 1.76. The zero-order chi connectivity index (χ0) is 10.5. The van der Waals surface area contributed by atoms with Crippen molar-refractivity contribution < 1.29 is 4.79 Å². The fourth-order valence-corrected chi connectivity index (χ4v) is 1.86. The highest BCUT2D eigenvalue weighted by Crippen LogP contribution is 1.99.